The fourth-order valence-corrected chi connectivity index (χ4v) is 2.77. The summed E-state index contributed by atoms with van der Waals surface area (Å²) in [7, 11) is 0. The molecule has 0 bridgehead atoms. The van der Waals surface area contributed by atoms with Crippen molar-refractivity contribution in [3.05, 3.63) is 30.1 Å². The molecule has 1 atom stereocenters. The summed E-state index contributed by atoms with van der Waals surface area (Å²) >= 11 is 1.56. The lowest BCUT2D eigenvalue weighted by Crippen LogP contribution is -2.31. The van der Waals surface area contributed by atoms with Crippen LogP contribution in [0.1, 0.15) is 19.3 Å². The van der Waals surface area contributed by atoms with Gasteiger partial charge >= 0.3 is 0 Å². The molecule has 0 spiro atoms. The Bertz CT molecular complexity index is 404. The summed E-state index contributed by atoms with van der Waals surface area (Å²) < 4.78 is 18.1. The molecule has 5 heteroatoms. The predicted octanol–water partition coefficient (Wildman–Crippen LogP) is 2.60. The zero-order chi connectivity index (χ0) is 13.5. The quantitative estimate of drug-likeness (QED) is 0.816. The average Bonchev–Trinajstić information content (AvgIpc) is 2.92. The zero-order valence-corrected chi connectivity index (χ0v) is 11.5. The van der Waals surface area contributed by atoms with Crippen molar-refractivity contribution in [1.82, 2.24) is 5.32 Å². The summed E-state index contributed by atoms with van der Waals surface area (Å²) in [5, 5.41) is 2.88. The predicted molar refractivity (Wildman–Crippen MR) is 73.7 cm³/mol. The Hall–Kier alpha value is -1.07. The van der Waals surface area contributed by atoms with Crippen LogP contribution >= 0.6 is 11.8 Å². The number of carbonyl (C=O) groups excluding carboxylic acids is 1. The normalized spacial score (nSPS) is 18.5. The van der Waals surface area contributed by atoms with E-state index in [-0.39, 0.29) is 17.8 Å². The second-order valence-corrected chi connectivity index (χ2v) is 5.66. The average molecular weight is 283 g/mol. The van der Waals surface area contributed by atoms with Gasteiger partial charge in [-0.1, -0.05) is 0 Å². The van der Waals surface area contributed by atoms with E-state index in [9.17, 15) is 9.18 Å². The van der Waals surface area contributed by atoms with Crippen LogP contribution in [0.4, 0.5) is 4.39 Å². The van der Waals surface area contributed by atoms with E-state index in [0.717, 1.165) is 24.3 Å². The molecule has 0 saturated carbocycles. The fraction of sp³-hybridized carbons (Fsp3) is 0.500. The highest BCUT2D eigenvalue weighted by Crippen LogP contribution is 2.18. The van der Waals surface area contributed by atoms with Crippen molar-refractivity contribution in [1.29, 1.82) is 0 Å². The van der Waals surface area contributed by atoms with Gasteiger partial charge in [-0.3, -0.25) is 4.79 Å². The molecule has 2 rings (SSSR count). The number of thioether (sulfide) groups is 1. The van der Waals surface area contributed by atoms with E-state index < -0.39 is 0 Å². The maximum absolute atomic E-state index is 12.7. The molecular formula is C14H18FNO2S. The van der Waals surface area contributed by atoms with Crippen molar-refractivity contribution in [2.75, 3.05) is 18.9 Å². The van der Waals surface area contributed by atoms with Crippen molar-refractivity contribution < 1.29 is 13.9 Å². The first kappa shape index (κ1) is 14.3. The van der Waals surface area contributed by atoms with Crippen LogP contribution in [0.25, 0.3) is 0 Å². The van der Waals surface area contributed by atoms with Crippen LogP contribution < -0.4 is 5.32 Å². The van der Waals surface area contributed by atoms with Crippen LogP contribution in [-0.2, 0) is 9.53 Å². The van der Waals surface area contributed by atoms with E-state index >= 15 is 0 Å². The van der Waals surface area contributed by atoms with Crippen LogP contribution in [-0.4, -0.2) is 30.9 Å². The van der Waals surface area contributed by atoms with Crippen LogP contribution in [0.3, 0.4) is 0 Å². The van der Waals surface area contributed by atoms with Crippen LogP contribution in [0, 0.1) is 5.82 Å². The Kier molecular flexibility index (Phi) is 5.66. The first-order valence-electron chi connectivity index (χ1n) is 6.51. The second-order valence-electron chi connectivity index (χ2n) is 4.49. The number of halogens is 1. The van der Waals surface area contributed by atoms with E-state index in [1.54, 1.807) is 23.9 Å². The minimum atomic E-state index is -0.237. The summed E-state index contributed by atoms with van der Waals surface area (Å²) in [6.45, 7) is 1.42. The zero-order valence-electron chi connectivity index (χ0n) is 10.7. The molecule has 1 aromatic rings. The van der Waals surface area contributed by atoms with Gasteiger partial charge in [0.15, 0.2) is 0 Å². The van der Waals surface area contributed by atoms with Crippen molar-refractivity contribution in [2.45, 2.75) is 30.3 Å². The number of hydrogen-bond donors (Lipinski definition) is 1. The Morgan fingerprint density at radius 2 is 2.21 bits per heavy atom. The smallest absolute Gasteiger partial charge is 0.220 e. The van der Waals surface area contributed by atoms with Gasteiger partial charge in [0, 0.05) is 30.2 Å². The maximum Gasteiger partial charge on any atom is 0.220 e. The second kappa shape index (κ2) is 7.50. The van der Waals surface area contributed by atoms with Crippen LogP contribution in [0.2, 0.25) is 0 Å². The van der Waals surface area contributed by atoms with Gasteiger partial charge in [-0.05, 0) is 37.1 Å². The highest BCUT2D eigenvalue weighted by molar-refractivity contribution is 7.99. The Morgan fingerprint density at radius 3 is 2.89 bits per heavy atom. The van der Waals surface area contributed by atoms with E-state index in [1.165, 1.54) is 12.1 Å². The molecule has 0 unspecified atom stereocenters. The monoisotopic (exact) mass is 283 g/mol. The topological polar surface area (TPSA) is 38.3 Å². The molecule has 0 radical (unpaired) electrons. The number of amides is 1. The Morgan fingerprint density at radius 1 is 1.42 bits per heavy atom. The summed E-state index contributed by atoms with van der Waals surface area (Å²) in [4.78, 5) is 12.6. The minimum absolute atomic E-state index is 0.0464. The Labute approximate surface area is 116 Å². The number of ether oxygens (including phenoxy) is 1. The van der Waals surface area contributed by atoms with Crippen molar-refractivity contribution in [3.8, 4) is 0 Å². The largest absolute Gasteiger partial charge is 0.376 e. The molecule has 1 aromatic carbocycles. The molecule has 1 N–H and O–H groups in total. The molecular weight excluding hydrogens is 265 g/mol. The van der Waals surface area contributed by atoms with E-state index in [2.05, 4.69) is 5.32 Å². The van der Waals surface area contributed by atoms with Crippen LogP contribution in [0.15, 0.2) is 29.2 Å². The van der Waals surface area contributed by atoms with Crippen molar-refractivity contribution in [3.63, 3.8) is 0 Å². The molecule has 19 heavy (non-hydrogen) atoms. The molecule has 104 valence electrons. The lowest BCUT2D eigenvalue weighted by atomic mass is 10.2. The molecule has 1 aliphatic heterocycles. The highest BCUT2D eigenvalue weighted by Gasteiger charge is 2.15. The maximum atomic E-state index is 12.7. The molecule has 3 nitrogen and oxygen atoms in total. The molecule has 1 fully saturated rings. The summed E-state index contributed by atoms with van der Waals surface area (Å²) in [5.74, 6) is 0.506. The van der Waals surface area contributed by atoms with Crippen LogP contribution in [0.5, 0.6) is 0 Å². The van der Waals surface area contributed by atoms with Crippen molar-refractivity contribution >= 4 is 17.7 Å². The molecule has 0 aliphatic carbocycles. The van der Waals surface area contributed by atoms with Gasteiger partial charge in [-0.2, -0.15) is 0 Å². The van der Waals surface area contributed by atoms with E-state index in [0.29, 0.717) is 18.7 Å². The number of rotatable bonds is 6. The summed E-state index contributed by atoms with van der Waals surface area (Å²) in [6, 6.07) is 6.31. The molecule has 1 amide bonds. The highest BCUT2D eigenvalue weighted by atomic mass is 32.2. The van der Waals surface area contributed by atoms with Crippen molar-refractivity contribution in [2.24, 2.45) is 0 Å². The molecule has 1 aliphatic rings. The third-order valence-electron chi connectivity index (χ3n) is 2.96. The SMILES string of the molecule is O=C(CCSc1ccc(F)cc1)NC[C@@H]1CCCO1. The van der Waals surface area contributed by atoms with Gasteiger partial charge in [0.25, 0.3) is 0 Å². The molecule has 1 heterocycles. The first-order valence-corrected chi connectivity index (χ1v) is 7.49. The van der Waals surface area contributed by atoms with Gasteiger partial charge in [-0.15, -0.1) is 11.8 Å². The fourth-order valence-electron chi connectivity index (χ4n) is 1.91. The van der Waals surface area contributed by atoms with Gasteiger partial charge in [0.1, 0.15) is 5.82 Å². The van der Waals surface area contributed by atoms with Gasteiger partial charge < -0.3 is 10.1 Å². The summed E-state index contributed by atoms with van der Waals surface area (Å²) in [6.07, 6.45) is 2.77. The Balaban J connectivity index is 1.59. The number of carbonyl (C=O) groups is 1. The lowest BCUT2D eigenvalue weighted by molar-refractivity contribution is -0.121. The third kappa shape index (κ3) is 5.20. The van der Waals surface area contributed by atoms with Gasteiger partial charge in [0.2, 0.25) is 5.91 Å². The molecule has 1 saturated heterocycles. The van der Waals surface area contributed by atoms with E-state index in [4.69, 9.17) is 4.74 Å². The summed E-state index contributed by atoms with van der Waals surface area (Å²) in [5.41, 5.74) is 0. The minimum Gasteiger partial charge on any atom is -0.376 e. The third-order valence-corrected chi connectivity index (χ3v) is 3.98. The molecule has 0 aromatic heterocycles. The first-order chi connectivity index (χ1) is 9.24. The van der Waals surface area contributed by atoms with Gasteiger partial charge in [-0.25, -0.2) is 4.39 Å². The number of hydrogen-bond acceptors (Lipinski definition) is 3. The standard InChI is InChI=1S/C14H18FNO2S/c15-11-3-5-13(6-4-11)19-9-7-14(17)16-10-12-2-1-8-18-12/h3-6,12H,1-2,7-10H2,(H,16,17)/t12-/m0/s1. The van der Waals surface area contributed by atoms with E-state index in [1.807, 2.05) is 0 Å². The number of benzene rings is 1. The number of nitrogens with one attached hydrogen (secondary N) is 1. The lowest BCUT2D eigenvalue weighted by Gasteiger charge is -2.10. The van der Waals surface area contributed by atoms with Gasteiger partial charge in [0.05, 0.1) is 6.10 Å².